The van der Waals surface area contributed by atoms with Crippen LogP contribution < -0.4 is 0 Å². The van der Waals surface area contributed by atoms with Crippen LogP contribution in [0.2, 0.25) is 5.02 Å². The molecule has 0 spiro atoms. The molecule has 1 fully saturated rings. The molecule has 9 nitrogen and oxygen atoms in total. The van der Waals surface area contributed by atoms with Crippen LogP contribution in [0.3, 0.4) is 0 Å². The van der Waals surface area contributed by atoms with Crippen LogP contribution in [0.4, 0.5) is 5.69 Å². The molecule has 12 heteroatoms. The van der Waals surface area contributed by atoms with Gasteiger partial charge in [0.1, 0.15) is 0 Å². The minimum atomic E-state index is -3.73. The van der Waals surface area contributed by atoms with E-state index < -0.39 is 25.0 Å². The van der Waals surface area contributed by atoms with Gasteiger partial charge in [-0.25, -0.2) is 16.8 Å². The fourth-order valence-electron chi connectivity index (χ4n) is 2.96. The molecule has 1 aliphatic heterocycles. The van der Waals surface area contributed by atoms with Gasteiger partial charge >= 0.3 is 0 Å². The Morgan fingerprint density at radius 3 is 1.90 bits per heavy atom. The Hall–Kier alpha value is -2.05. The Bertz CT molecular complexity index is 1090. The maximum Gasteiger partial charge on any atom is 0.269 e. The number of non-ortho nitro benzene ring substituents is 1. The Kier molecular flexibility index (Phi) is 6.24. The Morgan fingerprint density at radius 1 is 0.862 bits per heavy atom. The number of rotatable bonds is 6. The molecule has 2 aromatic rings. The molecule has 29 heavy (non-hydrogen) atoms. The van der Waals surface area contributed by atoms with Crippen molar-refractivity contribution < 1.29 is 21.8 Å². The minimum Gasteiger partial charge on any atom is -0.258 e. The molecular formula is C17H18ClN3O6S2. The predicted octanol–water partition coefficient (Wildman–Crippen LogP) is 2.08. The van der Waals surface area contributed by atoms with Crippen LogP contribution in [0.15, 0.2) is 53.4 Å². The summed E-state index contributed by atoms with van der Waals surface area (Å²) >= 11 is 5.79. The first-order valence-corrected chi connectivity index (χ1v) is 12.0. The standard InChI is InChI=1S/C17H18ClN3O6S2/c18-15-3-7-17(8-4-15)29(26,27)20-11-9-19(10-12-20)28(24,25)13-14-1-5-16(6-2-14)21(22)23/h1-8H,9-13H2. The highest BCUT2D eigenvalue weighted by atomic mass is 35.5. The van der Waals surface area contributed by atoms with E-state index in [2.05, 4.69) is 0 Å². The number of nitro benzene ring substituents is 1. The summed E-state index contributed by atoms with van der Waals surface area (Å²) in [5.41, 5.74) is 0.305. The quantitative estimate of drug-likeness (QED) is 0.482. The van der Waals surface area contributed by atoms with Crippen LogP contribution >= 0.6 is 11.6 Å². The van der Waals surface area contributed by atoms with Crippen molar-refractivity contribution in [3.8, 4) is 0 Å². The number of hydrogen-bond acceptors (Lipinski definition) is 6. The largest absolute Gasteiger partial charge is 0.269 e. The summed E-state index contributed by atoms with van der Waals surface area (Å²) < 4.78 is 53.2. The molecule has 0 N–H and O–H groups in total. The van der Waals surface area contributed by atoms with Crippen molar-refractivity contribution in [2.45, 2.75) is 10.6 Å². The average Bonchev–Trinajstić information content (AvgIpc) is 2.68. The maximum absolute atomic E-state index is 12.7. The van der Waals surface area contributed by atoms with E-state index in [1.165, 1.54) is 57.1 Å². The maximum atomic E-state index is 12.7. The second kappa shape index (κ2) is 8.36. The molecule has 0 radical (unpaired) electrons. The van der Waals surface area contributed by atoms with E-state index in [1.54, 1.807) is 0 Å². The van der Waals surface area contributed by atoms with Crippen molar-refractivity contribution in [1.82, 2.24) is 8.61 Å². The fourth-order valence-corrected chi connectivity index (χ4v) is 6.02. The van der Waals surface area contributed by atoms with Gasteiger partial charge in [-0.3, -0.25) is 10.1 Å². The molecule has 0 aromatic heterocycles. The topological polar surface area (TPSA) is 118 Å². The summed E-state index contributed by atoms with van der Waals surface area (Å²) in [6.45, 7) is 0.124. The van der Waals surface area contributed by atoms with E-state index >= 15 is 0 Å². The lowest BCUT2D eigenvalue weighted by Crippen LogP contribution is -2.50. The van der Waals surface area contributed by atoms with E-state index in [1.807, 2.05) is 0 Å². The summed E-state index contributed by atoms with van der Waals surface area (Å²) in [6, 6.07) is 11.1. The molecule has 2 aromatic carbocycles. The number of sulfonamides is 2. The van der Waals surface area contributed by atoms with E-state index in [4.69, 9.17) is 11.6 Å². The lowest BCUT2D eigenvalue weighted by Gasteiger charge is -2.33. The first kappa shape index (κ1) is 21.7. The molecule has 1 heterocycles. The lowest BCUT2D eigenvalue weighted by atomic mass is 10.2. The summed E-state index contributed by atoms with van der Waals surface area (Å²) in [7, 11) is -7.41. The third-order valence-electron chi connectivity index (χ3n) is 4.54. The van der Waals surface area contributed by atoms with Gasteiger partial charge in [-0.15, -0.1) is 0 Å². The van der Waals surface area contributed by atoms with E-state index in [0.717, 1.165) is 0 Å². The molecule has 0 amide bonds. The van der Waals surface area contributed by atoms with Crippen molar-refractivity contribution in [2.24, 2.45) is 0 Å². The second-order valence-corrected chi connectivity index (χ2v) is 10.8. The van der Waals surface area contributed by atoms with Crippen LogP contribution in [0.1, 0.15) is 5.56 Å². The van der Waals surface area contributed by atoms with Gasteiger partial charge in [-0.05, 0) is 29.8 Å². The van der Waals surface area contributed by atoms with Crippen molar-refractivity contribution in [1.29, 1.82) is 0 Å². The van der Waals surface area contributed by atoms with Crippen LogP contribution in [-0.2, 0) is 25.8 Å². The van der Waals surface area contributed by atoms with Gasteiger partial charge in [0.2, 0.25) is 20.0 Å². The summed E-state index contributed by atoms with van der Waals surface area (Å²) in [6.07, 6.45) is 0. The predicted molar refractivity (Wildman–Crippen MR) is 108 cm³/mol. The number of halogens is 1. The van der Waals surface area contributed by atoms with Gasteiger partial charge in [0.25, 0.3) is 5.69 Å². The van der Waals surface area contributed by atoms with Crippen molar-refractivity contribution in [2.75, 3.05) is 26.2 Å². The van der Waals surface area contributed by atoms with Crippen LogP contribution in [0.5, 0.6) is 0 Å². The Balaban J connectivity index is 1.66. The van der Waals surface area contributed by atoms with Gasteiger partial charge in [-0.2, -0.15) is 8.61 Å². The van der Waals surface area contributed by atoms with E-state index in [0.29, 0.717) is 10.6 Å². The molecule has 1 saturated heterocycles. The first-order valence-electron chi connectivity index (χ1n) is 8.56. The number of nitro groups is 1. The van der Waals surface area contributed by atoms with Crippen LogP contribution in [0, 0.1) is 10.1 Å². The van der Waals surface area contributed by atoms with E-state index in [9.17, 15) is 26.9 Å². The zero-order chi connectivity index (χ0) is 21.2. The molecule has 156 valence electrons. The smallest absolute Gasteiger partial charge is 0.258 e. The molecule has 0 atom stereocenters. The molecule has 0 saturated carbocycles. The summed E-state index contributed by atoms with van der Waals surface area (Å²) in [5.74, 6) is -0.311. The highest BCUT2D eigenvalue weighted by molar-refractivity contribution is 7.89. The molecular weight excluding hydrogens is 442 g/mol. The third-order valence-corrected chi connectivity index (χ3v) is 8.55. The van der Waals surface area contributed by atoms with Crippen LogP contribution in [-0.4, -0.2) is 56.5 Å². The van der Waals surface area contributed by atoms with Gasteiger partial charge in [0, 0.05) is 43.3 Å². The molecule has 0 bridgehead atoms. The second-order valence-electron chi connectivity index (χ2n) is 6.44. The van der Waals surface area contributed by atoms with Crippen molar-refractivity contribution in [3.63, 3.8) is 0 Å². The highest BCUT2D eigenvalue weighted by Gasteiger charge is 2.33. The zero-order valence-corrected chi connectivity index (χ0v) is 17.5. The Labute approximate surface area is 173 Å². The Morgan fingerprint density at radius 2 is 1.38 bits per heavy atom. The molecule has 0 unspecified atom stereocenters. The number of benzene rings is 2. The van der Waals surface area contributed by atoms with Gasteiger partial charge in [0.05, 0.1) is 15.6 Å². The van der Waals surface area contributed by atoms with Gasteiger partial charge in [-0.1, -0.05) is 23.7 Å². The molecule has 0 aliphatic carbocycles. The normalized spacial score (nSPS) is 16.6. The van der Waals surface area contributed by atoms with Gasteiger partial charge in [0.15, 0.2) is 0 Å². The molecule has 3 rings (SSSR count). The summed E-state index contributed by atoms with van der Waals surface area (Å²) in [5, 5.41) is 11.1. The average molecular weight is 460 g/mol. The SMILES string of the molecule is O=[N+]([O-])c1ccc(CS(=O)(=O)N2CCN(S(=O)(=O)c3ccc(Cl)cc3)CC2)cc1. The first-order chi connectivity index (χ1) is 13.6. The number of nitrogens with zero attached hydrogens (tertiary/aromatic N) is 3. The minimum absolute atomic E-state index is 0.0299. The van der Waals surface area contributed by atoms with Crippen molar-refractivity contribution >= 4 is 37.3 Å². The number of hydrogen-bond donors (Lipinski definition) is 0. The lowest BCUT2D eigenvalue weighted by molar-refractivity contribution is -0.384. The zero-order valence-electron chi connectivity index (χ0n) is 15.1. The fraction of sp³-hybridized carbons (Fsp3) is 0.294. The van der Waals surface area contributed by atoms with Crippen molar-refractivity contribution in [3.05, 3.63) is 69.2 Å². The third kappa shape index (κ3) is 4.93. The van der Waals surface area contributed by atoms with Gasteiger partial charge < -0.3 is 0 Å². The monoisotopic (exact) mass is 459 g/mol. The number of piperazine rings is 1. The summed E-state index contributed by atoms with van der Waals surface area (Å²) in [4.78, 5) is 10.2. The molecule has 1 aliphatic rings. The van der Waals surface area contributed by atoms with E-state index in [-0.39, 0.29) is 42.5 Å². The highest BCUT2D eigenvalue weighted by Crippen LogP contribution is 2.22. The van der Waals surface area contributed by atoms with Crippen LogP contribution in [0.25, 0.3) is 0 Å².